The molecule has 0 aliphatic carbocycles. The van der Waals surface area contributed by atoms with E-state index in [0.29, 0.717) is 6.54 Å². The monoisotopic (exact) mass is 455 g/mol. The summed E-state index contributed by atoms with van der Waals surface area (Å²) in [6, 6.07) is 8.29. The Morgan fingerprint density at radius 3 is 2.58 bits per heavy atom. The number of hydrogen-bond acceptors (Lipinski definition) is 7. The Bertz CT molecular complexity index is 1040. The van der Waals surface area contributed by atoms with Gasteiger partial charge in [-0.2, -0.15) is 0 Å². The van der Waals surface area contributed by atoms with E-state index >= 15 is 0 Å². The van der Waals surface area contributed by atoms with E-state index in [-0.39, 0.29) is 5.91 Å². The number of thiophene rings is 1. The van der Waals surface area contributed by atoms with Crippen LogP contribution < -0.4 is 10.2 Å². The molecule has 3 aromatic rings. The van der Waals surface area contributed by atoms with Gasteiger partial charge in [0, 0.05) is 37.6 Å². The van der Waals surface area contributed by atoms with Gasteiger partial charge in [0.2, 0.25) is 0 Å². The van der Waals surface area contributed by atoms with Gasteiger partial charge in [-0.15, -0.1) is 23.1 Å². The highest BCUT2D eigenvalue weighted by molar-refractivity contribution is 7.98. The van der Waals surface area contributed by atoms with Crippen LogP contribution in [0.2, 0.25) is 0 Å². The molecule has 164 valence electrons. The fourth-order valence-corrected chi connectivity index (χ4v) is 5.48. The van der Waals surface area contributed by atoms with Gasteiger partial charge in [0.1, 0.15) is 17.0 Å². The van der Waals surface area contributed by atoms with Gasteiger partial charge in [0.05, 0.1) is 10.3 Å². The van der Waals surface area contributed by atoms with Gasteiger partial charge < -0.3 is 10.2 Å². The SMILES string of the molecule is CCCN1CCN(c2ncnc3sc(C(=O)NCc4ccc(SC)cc4)c(C)c23)CC1. The van der Waals surface area contributed by atoms with E-state index in [1.807, 2.05) is 6.92 Å². The molecular weight excluding hydrogens is 426 g/mol. The number of benzene rings is 1. The number of amides is 1. The van der Waals surface area contributed by atoms with Crippen LogP contribution in [0.1, 0.15) is 34.1 Å². The molecule has 1 amide bonds. The first-order valence-corrected chi connectivity index (χ1v) is 12.8. The Balaban J connectivity index is 1.51. The third-order valence-electron chi connectivity index (χ3n) is 5.74. The molecule has 0 radical (unpaired) electrons. The number of aryl methyl sites for hydroxylation is 1. The summed E-state index contributed by atoms with van der Waals surface area (Å²) in [5.41, 5.74) is 2.07. The van der Waals surface area contributed by atoms with Gasteiger partial charge in [0.15, 0.2) is 0 Å². The van der Waals surface area contributed by atoms with Gasteiger partial charge in [-0.25, -0.2) is 9.97 Å². The number of rotatable bonds is 7. The predicted octanol–water partition coefficient (Wildman–Crippen LogP) is 4.18. The van der Waals surface area contributed by atoms with E-state index < -0.39 is 0 Å². The van der Waals surface area contributed by atoms with Gasteiger partial charge in [0.25, 0.3) is 5.91 Å². The molecule has 1 aromatic carbocycles. The number of aromatic nitrogens is 2. The summed E-state index contributed by atoms with van der Waals surface area (Å²) < 4.78 is 0. The lowest BCUT2D eigenvalue weighted by Gasteiger charge is -2.35. The molecule has 0 bridgehead atoms. The zero-order valence-electron chi connectivity index (χ0n) is 18.4. The average molecular weight is 456 g/mol. The summed E-state index contributed by atoms with van der Waals surface area (Å²) in [4.78, 5) is 29.7. The van der Waals surface area contributed by atoms with Crippen molar-refractivity contribution in [3.63, 3.8) is 0 Å². The third-order valence-corrected chi connectivity index (χ3v) is 7.68. The lowest BCUT2D eigenvalue weighted by atomic mass is 10.1. The lowest BCUT2D eigenvalue weighted by molar-refractivity contribution is 0.0954. The van der Waals surface area contributed by atoms with Crippen molar-refractivity contribution < 1.29 is 4.79 Å². The number of nitrogens with zero attached hydrogens (tertiary/aromatic N) is 4. The fourth-order valence-electron chi connectivity index (χ4n) is 4.01. The summed E-state index contributed by atoms with van der Waals surface area (Å²) in [7, 11) is 0. The van der Waals surface area contributed by atoms with E-state index in [2.05, 4.69) is 62.5 Å². The Kier molecular flexibility index (Phi) is 7.09. The Morgan fingerprint density at radius 2 is 1.90 bits per heavy atom. The summed E-state index contributed by atoms with van der Waals surface area (Å²) >= 11 is 3.17. The summed E-state index contributed by atoms with van der Waals surface area (Å²) in [6.07, 6.45) is 4.87. The quantitative estimate of drug-likeness (QED) is 0.539. The number of anilines is 1. The highest BCUT2D eigenvalue weighted by Gasteiger charge is 2.24. The first kappa shape index (κ1) is 22.0. The number of fused-ring (bicyclic) bond motifs is 1. The smallest absolute Gasteiger partial charge is 0.261 e. The predicted molar refractivity (Wildman–Crippen MR) is 130 cm³/mol. The molecule has 0 unspecified atom stereocenters. The Morgan fingerprint density at radius 1 is 1.16 bits per heavy atom. The molecule has 1 aliphatic heterocycles. The van der Waals surface area contributed by atoms with E-state index in [9.17, 15) is 4.79 Å². The minimum atomic E-state index is -0.0480. The van der Waals surface area contributed by atoms with Crippen LogP contribution in [0.4, 0.5) is 5.82 Å². The Labute approximate surface area is 192 Å². The van der Waals surface area contributed by atoms with Crippen molar-refractivity contribution in [1.82, 2.24) is 20.2 Å². The molecule has 0 atom stereocenters. The van der Waals surface area contributed by atoms with Crippen LogP contribution in [-0.2, 0) is 6.54 Å². The van der Waals surface area contributed by atoms with Gasteiger partial charge in [-0.3, -0.25) is 9.69 Å². The number of carbonyl (C=O) groups excluding carboxylic acids is 1. The van der Waals surface area contributed by atoms with Gasteiger partial charge in [-0.1, -0.05) is 19.1 Å². The average Bonchev–Trinajstić information content (AvgIpc) is 3.15. The second-order valence-electron chi connectivity index (χ2n) is 7.79. The van der Waals surface area contributed by atoms with Crippen molar-refractivity contribution >= 4 is 45.0 Å². The zero-order chi connectivity index (χ0) is 21.8. The molecule has 0 spiro atoms. The molecule has 4 rings (SSSR count). The maximum absolute atomic E-state index is 13.0. The minimum absolute atomic E-state index is 0.0480. The Hall–Kier alpha value is -2.16. The van der Waals surface area contributed by atoms with Crippen molar-refractivity contribution in [2.45, 2.75) is 31.7 Å². The topological polar surface area (TPSA) is 61.4 Å². The van der Waals surface area contributed by atoms with Crippen molar-refractivity contribution in [1.29, 1.82) is 0 Å². The summed E-state index contributed by atoms with van der Waals surface area (Å²) in [5, 5.41) is 4.09. The molecule has 2 aromatic heterocycles. The molecule has 1 aliphatic rings. The standard InChI is InChI=1S/C23H29N5OS2/c1-4-9-27-10-12-28(13-11-27)21-19-16(2)20(31-23(19)26-15-25-21)22(29)24-14-17-5-7-18(30-3)8-6-17/h5-8,15H,4,9-14H2,1-3H3,(H,24,29). The maximum atomic E-state index is 13.0. The van der Waals surface area contributed by atoms with Crippen LogP contribution in [0, 0.1) is 6.92 Å². The van der Waals surface area contributed by atoms with Crippen LogP contribution >= 0.6 is 23.1 Å². The maximum Gasteiger partial charge on any atom is 0.261 e. The van der Waals surface area contributed by atoms with Crippen molar-refractivity contribution in [2.24, 2.45) is 0 Å². The van der Waals surface area contributed by atoms with Gasteiger partial charge in [-0.05, 0) is 49.4 Å². The van der Waals surface area contributed by atoms with Crippen molar-refractivity contribution in [2.75, 3.05) is 43.9 Å². The fraction of sp³-hybridized carbons (Fsp3) is 0.435. The zero-order valence-corrected chi connectivity index (χ0v) is 20.0. The number of nitrogens with one attached hydrogen (secondary N) is 1. The van der Waals surface area contributed by atoms with E-state index in [4.69, 9.17) is 0 Å². The number of carbonyl (C=O) groups is 1. The molecule has 1 fully saturated rings. The first-order valence-electron chi connectivity index (χ1n) is 10.7. The third kappa shape index (κ3) is 4.86. The second-order valence-corrected chi connectivity index (χ2v) is 9.67. The molecule has 8 heteroatoms. The van der Waals surface area contributed by atoms with Gasteiger partial charge >= 0.3 is 0 Å². The van der Waals surface area contributed by atoms with Crippen molar-refractivity contribution in [3.05, 3.63) is 46.6 Å². The molecule has 31 heavy (non-hydrogen) atoms. The van der Waals surface area contributed by atoms with E-state index in [0.717, 1.165) is 64.8 Å². The molecule has 0 saturated carbocycles. The molecular formula is C23H29N5OS2. The highest BCUT2D eigenvalue weighted by atomic mass is 32.2. The normalized spacial score (nSPS) is 14.9. The van der Waals surface area contributed by atoms with Crippen LogP contribution in [-0.4, -0.2) is 59.8 Å². The van der Waals surface area contributed by atoms with Crippen molar-refractivity contribution in [3.8, 4) is 0 Å². The summed E-state index contributed by atoms with van der Waals surface area (Å²) in [5.74, 6) is 0.912. The van der Waals surface area contributed by atoms with Crippen LogP contribution in [0.25, 0.3) is 10.2 Å². The first-order chi connectivity index (χ1) is 15.1. The molecule has 1 saturated heterocycles. The van der Waals surface area contributed by atoms with E-state index in [1.54, 1.807) is 18.1 Å². The van der Waals surface area contributed by atoms with E-state index in [1.165, 1.54) is 22.7 Å². The lowest BCUT2D eigenvalue weighted by Crippen LogP contribution is -2.46. The summed E-state index contributed by atoms with van der Waals surface area (Å²) in [6.45, 7) is 9.90. The molecule has 1 N–H and O–H groups in total. The second kappa shape index (κ2) is 9.97. The number of thioether (sulfide) groups is 1. The number of piperazine rings is 1. The van der Waals surface area contributed by atoms with Crippen LogP contribution in [0.15, 0.2) is 35.5 Å². The largest absolute Gasteiger partial charge is 0.353 e. The minimum Gasteiger partial charge on any atom is -0.353 e. The molecule has 6 nitrogen and oxygen atoms in total. The van der Waals surface area contributed by atoms with Crippen LogP contribution in [0.5, 0.6) is 0 Å². The number of hydrogen-bond donors (Lipinski definition) is 1. The van der Waals surface area contributed by atoms with Crippen LogP contribution in [0.3, 0.4) is 0 Å². The molecule has 3 heterocycles. The highest BCUT2D eigenvalue weighted by Crippen LogP contribution is 2.35.